The van der Waals surface area contributed by atoms with Crippen molar-refractivity contribution in [2.45, 2.75) is 70.6 Å². The highest BCUT2D eigenvalue weighted by Gasteiger charge is 2.30. The summed E-state index contributed by atoms with van der Waals surface area (Å²) >= 11 is 0. The van der Waals surface area contributed by atoms with Crippen molar-refractivity contribution in [3.63, 3.8) is 0 Å². The molecule has 0 heterocycles. The normalized spacial score (nSPS) is 19.9. The van der Waals surface area contributed by atoms with Crippen LogP contribution in [-0.4, -0.2) is 42.8 Å². The largest absolute Gasteiger partial charge is 0.457 e. The lowest BCUT2D eigenvalue weighted by molar-refractivity contribution is 0.0122. The van der Waals surface area contributed by atoms with Crippen molar-refractivity contribution in [2.24, 2.45) is 0 Å². The van der Waals surface area contributed by atoms with E-state index in [9.17, 15) is 14.4 Å². The first-order valence-electron chi connectivity index (χ1n) is 9.72. The van der Waals surface area contributed by atoms with Crippen LogP contribution in [0.1, 0.15) is 73.6 Å². The second-order valence-corrected chi connectivity index (χ2v) is 7.99. The molecule has 2 atom stereocenters. The fourth-order valence-electron chi connectivity index (χ4n) is 3.18. The summed E-state index contributed by atoms with van der Waals surface area (Å²) in [6.45, 7) is 5.41. The SMILES string of the molecule is CNC(=O)c1cccc(C(=O)O[C@@H]2CCCCC[C@H]2NC(=O)OC(C)(C)C)c1. The van der Waals surface area contributed by atoms with Gasteiger partial charge in [-0.1, -0.05) is 18.9 Å². The Labute approximate surface area is 166 Å². The number of rotatable bonds is 4. The first-order chi connectivity index (χ1) is 13.2. The van der Waals surface area contributed by atoms with Crippen LogP contribution in [0.5, 0.6) is 0 Å². The van der Waals surface area contributed by atoms with Crippen molar-refractivity contribution >= 4 is 18.0 Å². The lowest BCUT2D eigenvalue weighted by Gasteiger charge is -2.28. The smallest absolute Gasteiger partial charge is 0.408 e. The molecule has 0 spiro atoms. The fourth-order valence-corrected chi connectivity index (χ4v) is 3.18. The predicted molar refractivity (Wildman–Crippen MR) is 105 cm³/mol. The summed E-state index contributed by atoms with van der Waals surface area (Å²) in [5.74, 6) is -0.776. The van der Waals surface area contributed by atoms with E-state index in [0.29, 0.717) is 17.5 Å². The summed E-state index contributed by atoms with van der Waals surface area (Å²) in [5, 5.41) is 5.39. The molecular weight excluding hydrogens is 360 g/mol. The van der Waals surface area contributed by atoms with Gasteiger partial charge in [0, 0.05) is 12.6 Å². The fraction of sp³-hybridized carbons (Fsp3) is 0.571. The van der Waals surface area contributed by atoms with Gasteiger partial charge in [-0.15, -0.1) is 0 Å². The van der Waals surface area contributed by atoms with Gasteiger partial charge in [-0.2, -0.15) is 0 Å². The van der Waals surface area contributed by atoms with Gasteiger partial charge in [0.05, 0.1) is 11.6 Å². The van der Waals surface area contributed by atoms with Crippen LogP contribution in [0.4, 0.5) is 4.79 Å². The minimum atomic E-state index is -0.596. The minimum absolute atomic E-state index is 0.270. The van der Waals surface area contributed by atoms with Crippen molar-refractivity contribution in [3.05, 3.63) is 35.4 Å². The molecule has 0 bridgehead atoms. The van der Waals surface area contributed by atoms with Crippen LogP contribution in [0.15, 0.2) is 24.3 Å². The molecule has 1 aromatic carbocycles. The number of nitrogens with one attached hydrogen (secondary N) is 2. The van der Waals surface area contributed by atoms with Crippen molar-refractivity contribution in [1.29, 1.82) is 0 Å². The summed E-state index contributed by atoms with van der Waals surface area (Å²) in [5.41, 5.74) is 0.101. The van der Waals surface area contributed by atoms with E-state index in [1.54, 1.807) is 39.0 Å². The Morgan fingerprint density at radius 2 is 1.71 bits per heavy atom. The van der Waals surface area contributed by atoms with Gasteiger partial charge in [0.1, 0.15) is 11.7 Å². The number of esters is 1. The predicted octanol–water partition coefficient (Wildman–Crippen LogP) is 3.43. The van der Waals surface area contributed by atoms with Gasteiger partial charge >= 0.3 is 12.1 Å². The molecule has 0 aromatic heterocycles. The van der Waals surface area contributed by atoms with Crippen molar-refractivity contribution in [3.8, 4) is 0 Å². The molecule has 0 aliphatic heterocycles. The maximum atomic E-state index is 12.7. The highest BCUT2D eigenvalue weighted by atomic mass is 16.6. The number of hydrogen-bond donors (Lipinski definition) is 2. The van der Waals surface area contributed by atoms with E-state index >= 15 is 0 Å². The van der Waals surface area contributed by atoms with Gasteiger partial charge in [0.25, 0.3) is 5.91 Å². The number of ether oxygens (including phenoxy) is 2. The number of alkyl carbamates (subject to hydrolysis) is 1. The summed E-state index contributed by atoms with van der Waals surface area (Å²) in [7, 11) is 1.53. The van der Waals surface area contributed by atoms with E-state index in [4.69, 9.17) is 9.47 Å². The number of carbonyl (C=O) groups is 3. The van der Waals surface area contributed by atoms with E-state index in [2.05, 4.69) is 10.6 Å². The molecule has 1 aliphatic rings. The molecule has 1 aromatic rings. The maximum Gasteiger partial charge on any atom is 0.408 e. The average Bonchev–Trinajstić information content (AvgIpc) is 2.84. The Bertz CT molecular complexity index is 711. The van der Waals surface area contributed by atoms with Crippen LogP contribution in [0.3, 0.4) is 0 Å². The highest BCUT2D eigenvalue weighted by molar-refractivity contribution is 5.97. The number of carbonyl (C=O) groups excluding carboxylic acids is 3. The maximum absolute atomic E-state index is 12.7. The molecule has 0 unspecified atom stereocenters. The van der Waals surface area contributed by atoms with Crippen LogP contribution in [0, 0.1) is 0 Å². The third-order valence-electron chi connectivity index (χ3n) is 4.50. The molecule has 28 heavy (non-hydrogen) atoms. The molecule has 7 nitrogen and oxygen atoms in total. The van der Waals surface area contributed by atoms with Gasteiger partial charge in [0.2, 0.25) is 0 Å². The monoisotopic (exact) mass is 390 g/mol. The van der Waals surface area contributed by atoms with E-state index in [1.807, 2.05) is 0 Å². The van der Waals surface area contributed by atoms with E-state index < -0.39 is 23.8 Å². The minimum Gasteiger partial charge on any atom is -0.457 e. The Balaban J connectivity index is 2.08. The summed E-state index contributed by atoms with van der Waals surface area (Å²) in [4.78, 5) is 36.6. The van der Waals surface area contributed by atoms with Crippen LogP contribution in [0.25, 0.3) is 0 Å². The molecule has 2 amide bonds. The highest BCUT2D eigenvalue weighted by Crippen LogP contribution is 2.23. The van der Waals surface area contributed by atoms with Crippen molar-refractivity contribution in [1.82, 2.24) is 10.6 Å². The summed E-state index contributed by atoms with van der Waals surface area (Å²) in [6, 6.07) is 6.10. The van der Waals surface area contributed by atoms with Gasteiger partial charge in [-0.25, -0.2) is 9.59 Å². The first kappa shape index (κ1) is 21.7. The zero-order chi connectivity index (χ0) is 20.7. The van der Waals surface area contributed by atoms with Gasteiger partial charge < -0.3 is 20.1 Å². The van der Waals surface area contributed by atoms with E-state index in [-0.39, 0.29) is 11.9 Å². The Morgan fingerprint density at radius 3 is 2.39 bits per heavy atom. The Kier molecular flexibility index (Phi) is 7.43. The number of benzene rings is 1. The standard InChI is InChI=1S/C21H30N2O5/c1-21(2,3)28-20(26)23-16-11-6-5-7-12-17(16)27-19(25)15-10-8-9-14(13-15)18(24)22-4/h8-10,13,16-17H,5-7,11-12H2,1-4H3,(H,22,24)(H,23,26)/t16-,17-/m1/s1. The van der Waals surface area contributed by atoms with Crippen molar-refractivity contribution in [2.75, 3.05) is 7.05 Å². The molecule has 0 radical (unpaired) electrons. The second-order valence-electron chi connectivity index (χ2n) is 7.99. The molecule has 7 heteroatoms. The molecule has 2 N–H and O–H groups in total. The first-order valence-corrected chi connectivity index (χ1v) is 9.72. The van der Waals surface area contributed by atoms with Crippen LogP contribution in [-0.2, 0) is 9.47 Å². The number of hydrogen-bond acceptors (Lipinski definition) is 5. The Morgan fingerprint density at radius 1 is 1.04 bits per heavy atom. The zero-order valence-electron chi connectivity index (χ0n) is 17.0. The lowest BCUT2D eigenvalue weighted by Crippen LogP contribution is -2.46. The average molecular weight is 390 g/mol. The molecular formula is C21H30N2O5. The lowest BCUT2D eigenvalue weighted by atomic mass is 10.1. The summed E-state index contributed by atoms with van der Waals surface area (Å²) in [6.07, 6.45) is 3.32. The number of amides is 2. The quantitative estimate of drug-likeness (QED) is 0.607. The van der Waals surface area contributed by atoms with E-state index in [1.165, 1.54) is 13.1 Å². The van der Waals surface area contributed by atoms with Gasteiger partial charge in [-0.05, 0) is 58.2 Å². The molecule has 1 aliphatic carbocycles. The molecule has 154 valence electrons. The molecule has 0 saturated heterocycles. The molecule has 1 fully saturated rings. The topological polar surface area (TPSA) is 93.7 Å². The molecule has 1 saturated carbocycles. The third-order valence-corrected chi connectivity index (χ3v) is 4.50. The Hall–Kier alpha value is -2.57. The van der Waals surface area contributed by atoms with Crippen LogP contribution >= 0.6 is 0 Å². The zero-order valence-corrected chi connectivity index (χ0v) is 17.0. The van der Waals surface area contributed by atoms with E-state index in [0.717, 1.165) is 25.7 Å². The molecule has 2 rings (SSSR count). The van der Waals surface area contributed by atoms with Crippen LogP contribution < -0.4 is 10.6 Å². The summed E-state index contributed by atoms with van der Waals surface area (Å²) < 4.78 is 11.1. The van der Waals surface area contributed by atoms with Crippen LogP contribution in [0.2, 0.25) is 0 Å². The second kappa shape index (κ2) is 9.57. The van der Waals surface area contributed by atoms with Gasteiger partial charge in [0.15, 0.2) is 0 Å². The van der Waals surface area contributed by atoms with Gasteiger partial charge in [-0.3, -0.25) is 4.79 Å². The van der Waals surface area contributed by atoms with Crippen molar-refractivity contribution < 1.29 is 23.9 Å². The third kappa shape index (κ3) is 6.55.